The van der Waals surface area contributed by atoms with Crippen molar-refractivity contribution in [3.8, 4) is 0 Å². The molecule has 0 aromatic carbocycles. The summed E-state index contributed by atoms with van der Waals surface area (Å²) >= 11 is 0. The number of allylic oxidation sites excluding steroid dienone is 4. The minimum atomic E-state index is -0.169. The second kappa shape index (κ2) is 17.0. The third-order valence-corrected chi connectivity index (χ3v) is 3.38. The van der Waals surface area contributed by atoms with E-state index in [4.69, 9.17) is 4.74 Å². The summed E-state index contributed by atoms with van der Waals surface area (Å²) in [7, 11) is 0. The van der Waals surface area contributed by atoms with Crippen LogP contribution in [0.15, 0.2) is 24.3 Å². The molecule has 0 aromatic rings. The molecule has 0 aliphatic carbocycles. The Morgan fingerprint density at radius 3 is 1.86 bits per heavy atom. The van der Waals surface area contributed by atoms with E-state index in [-0.39, 0.29) is 5.97 Å². The lowest BCUT2D eigenvalue weighted by atomic mass is 10.1. The highest BCUT2D eigenvalue weighted by Gasteiger charge is 1.92. The van der Waals surface area contributed by atoms with Crippen molar-refractivity contribution in [2.45, 2.75) is 84.5 Å². The third-order valence-electron chi connectivity index (χ3n) is 3.38. The van der Waals surface area contributed by atoms with Gasteiger partial charge in [0.25, 0.3) is 0 Å². The third kappa shape index (κ3) is 18.9. The van der Waals surface area contributed by atoms with Crippen LogP contribution in [0, 0.1) is 0 Å². The van der Waals surface area contributed by atoms with E-state index in [0.29, 0.717) is 6.61 Å². The molecule has 21 heavy (non-hydrogen) atoms. The van der Waals surface area contributed by atoms with Crippen molar-refractivity contribution in [3.05, 3.63) is 24.3 Å². The fourth-order valence-corrected chi connectivity index (χ4v) is 2.11. The summed E-state index contributed by atoms with van der Waals surface area (Å²) in [6, 6.07) is 0. The normalized spacial score (nSPS) is 11.5. The van der Waals surface area contributed by atoms with Gasteiger partial charge in [-0.2, -0.15) is 0 Å². The molecule has 0 saturated carbocycles. The quantitative estimate of drug-likeness (QED) is 0.224. The van der Waals surface area contributed by atoms with Crippen molar-refractivity contribution in [2.24, 2.45) is 0 Å². The molecule has 0 rings (SSSR count). The average molecular weight is 294 g/mol. The first-order valence-electron chi connectivity index (χ1n) is 8.70. The van der Waals surface area contributed by atoms with Gasteiger partial charge in [0.05, 0.1) is 6.61 Å². The lowest BCUT2D eigenvalue weighted by Gasteiger charge is -2.00. The maximum Gasteiger partial charge on any atom is 0.302 e. The van der Waals surface area contributed by atoms with Crippen molar-refractivity contribution in [1.82, 2.24) is 0 Å². The zero-order valence-electron chi connectivity index (χ0n) is 14.1. The number of hydrogen-bond donors (Lipinski definition) is 0. The Morgan fingerprint density at radius 1 is 0.762 bits per heavy atom. The lowest BCUT2D eigenvalue weighted by molar-refractivity contribution is -0.141. The Bertz CT molecular complexity index is 279. The molecule has 2 nitrogen and oxygen atoms in total. The van der Waals surface area contributed by atoms with E-state index < -0.39 is 0 Å². The van der Waals surface area contributed by atoms with Crippen LogP contribution in [0.3, 0.4) is 0 Å². The molecule has 0 atom stereocenters. The average Bonchev–Trinajstić information content (AvgIpc) is 2.46. The summed E-state index contributed by atoms with van der Waals surface area (Å²) in [4.78, 5) is 10.6. The van der Waals surface area contributed by atoms with Gasteiger partial charge in [0.2, 0.25) is 0 Å². The molecule has 0 aromatic heterocycles. The van der Waals surface area contributed by atoms with Gasteiger partial charge in [0.15, 0.2) is 0 Å². The van der Waals surface area contributed by atoms with E-state index >= 15 is 0 Å². The number of hydrogen-bond acceptors (Lipinski definition) is 2. The van der Waals surface area contributed by atoms with Crippen LogP contribution in [0.4, 0.5) is 0 Å². The monoisotopic (exact) mass is 294 g/mol. The van der Waals surface area contributed by atoms with E-state index in [0.717, 1.165) is 19.3 Å². The molecule has 0 saturated heterocycles. The number of esters is 1. The van der Waals surface area contributed by atoms with E-state index in [1.165, 1.54) is 58.3 Å². The van der Waals surface area contributed by atoms with Crippen LogP contribution in [0.5, 0.6) is 0 Å². The smallest absolute Gasteiger partial charge is 0.302 e. The Hall–Kier alpha value is -1.05. The van der Waals surface area contributed by atoms with Crippen molar-refractivity contribution >= 4 is 5.97 Å². The molecule has 2 heteroatoms. The van der Waals surface area contributed by atoms with Crippen molar-refractivity contribution in [2.75, 3.05) is 6.61 Å². The summed E-state index contributed by atoms with van der Waals surface area (Å²) in [5.41, 5.74) is 0. The highest BCUT2D eigenvalue weighted by Crippen LogP contribution is 2.05. The summed E-state index contributed by atoms with van der Waals surface area (Å²) in [6.45, 7) is 4.29. The van der Waals surface area contributed by atoms with Gasteiger partial charge in [-0.15, -0.1) is 0 Å². The zero-order chi connectivity index (χ0) is 15.6. The largest absolute Gasteiger partial charge is 0.466 e. The second-order valence-corrected chi connectivity index (χ2v) is 5.56. The molecule has 0 aliphatic rings. The fraction of sp³-hybridized carbons (Fsp3) is 0.737. The van der Waals surface area contributed by atoms with Crippen molar-refractivity contribution in [3.63, 3.8) is 0 Å². The minimum Gasteiger partial charge on any atom is -0.466 e. The molecular formula is C19H34O2. The highest BCUT2D eigenvalue weighted by atomic mass is 16.5. The van der Waals surface area contributed by atoms with Crippen molar-refractivity contribution < 1.29 is 9.53 Å². The topological polar surface area (TPSA) is 26.3 Å². The van der Waals surface area contributed by atoms with Crippen molar-refractivity contribution in [1.29, 1.82) is 0 Å². The standard InChI is InChI=1S/C19H34O2/c1-3-4-5-6-7-8-9-10-11-12-13-14-15-16-17-18-21-19(2)20/h7-8,11-12H,3-6,9-10,13-18H2,1-2H3. The van der Waals surface area contributed by atoms with Gasteiger partial charge < -0.3 is 4.74 Å². The van der Waals surface area contributed by atoms with Gasteiger partial charge in [0, 0.05) is 6.92 Å². The first kappa shape index (κ1) is 19.9. The van der Waals surface area contributed by atoms with Crippen LogP contribution < -0.4 is 0 Å². The molecule has 0 radical (unpaired) electrons. The van der Waals surface area contributed by atoms with E-state index in [1.54, 1.807) is 0 Å². The van der Waals surface area contributed by atoms with Crippen LogP contribution in [0.25, 0.3) is 0 Å². The molecule has 0 aliphatic heterocycles. The minimum absolute atomic E-state index is 0.169. The van der Waals surface area contributed by atoms with Crippen LogP contribution in [0.1, 0.15) is 84.5 Å². The Morgan fingerprint density at radius 2 is 1.29 bits per heavy atom. The Kier molecular flexibility index (Phi) is 16.2. The maximum atomic E-state index is 10.6. The Labute approximate surface area is 131 Å². The number of rotatable bonds is 14. The highest BCUT2D eigenvalue weighted by molar-refractivity contribution is 5.65. The van der Waals surface area contributed by atoms with Gasteiger partial charge in [-0.1, -0.05) is 56.9 Å². The predicted octanol–water partition coefficient (Wildman–Crippen LogP) is 5.97. The summed E-state index contributed by atoms with van der Waals surface area (Å²) in [5.74, 6) is -0.169. The molecule has 0 unspecified atom stereocenters. The Balaban J connectivity index is 3.17. The van der Waals surface area contributed by atoms with Gasteiger partial charge in [-0.05, 0) is 44.9 Å². The number of carbonyl (C=O) groups is 1. The maximum absolute atomic E-state index is 10.6. The van der Waals surface area contributed by atoms with E-state index in [9.17, 15) is 4.79 Å². The lowest BCUT2D eigenvalue weighted by Crippen LogP contribution is -1.99. The molecule has 0 bridgehead atoms. The van der Waals surface area contributed by atoms with Crippen LogP contribution in [-0.2, 0) is 9.53 Å². The fourth-order valence-electron chi connectivity index (χ4n) is 2.11. The molecule has 122 valence electrons. The SMILES string of the molecule is CCCCCC=CCCC=CCCCCCCOC(C)=O. The van der Waals surface area contributed by atoms with E-state index in [1.807, 2.05) is 0 Å². The zero-order valence-corrected chi connectivity index (χ0v) is 14.1. The molecule has 0 N–H and O–H groups in total. The first-order valence-corrected chi connectivity index (χ1v) is 8.70. The summed E-state index contributed by atoms with van der Waals surface area (Å²) < 4.78 is 4.90. The number of carbonyl (C=O) groups excluding carboxylic acids is 1. The van der Waals surface area contributed by atoms with Gasteiger partial charge in [0.1, 0.15) is 0 Å². The van der Waals surface area contributed by atoms with Crippen LogP contribution in [-0.4, -0.2) is 12.6 Å². The van der Waals surface area contributed by atoms with Crippen LogP contribution in [0.2, 0.25) is 0 Å². The first-order chi connectivity index (χ1) is 10.3. The molecule has 0 fully saturated rings. The van der Waals surface area contributed by atoms with Gasteiger partial charge in [-0.25, -0.2) is 0 Å². The number of unbranched alkanes of at least 4 members (excludes halogenated alkanes) is 8. The van der Waals surface area contributed by atoms with Crippen LogP contribution >= 0.6 is 0 Å². The number of ether oxygens (including phenoxy) is 1. The summed E-state index contributed by atoms with van der Waals surface area (Å²) in [6.07, 6.45) is 22.6. The van der Waals surface area contributed by atoms with E-state index in [2.05, 4.69) is 31.2 Å². The molecule has 0 amide bonds. The predicted molar refractivity (Wildman–Crippen MR) is 91.4 cm³/mol. The summed E-state index contributed by atoms with van der Waals surface area (Å²) in [5, 5.41) is 0. The second-order valence-electron chi connectivity index (χ2n) is 5.56. The molecular weight excluding hydrogens is 260 g/mol. The van der Waals surface area contributed by atoms with Gasteiger partial charge in [-0.3, -0.25) is 4.79 Å². The molecule has 0 heterocycles. The van der Waals surface area contributed by atoms with Gasteiger partial charge >= 0.3 is 5.97 Å². The molecule has 0 spiro atoms.